The number of para-hydroxylation sites is 1. The number of nitrogens with zero attached hydrogens (tertiary/aromatic N) is 1. The Bertz CT molecular complexity index is 559. The van der Waals surface area contributed by atoms with Crippen molar-refractivity contribution in [3.63, 3.8) is 0 Å². The molecule has 0 aliphatic heterocycles. The minimum atomic E-state index is -4.59. The molecule has 1 unspecified atom stereocenters. The molecule has 1 atom stereocenters. The maximum Gasteiger partial charge on any atom is 0.413 e. The summed E-state index contributed by atoms with van der Waals surface area (Å²) in [4.78, 5) is 6.36. The maximum absolute atomic E-state index is 12.7. The van der Waals surface area contributed by atoms with Gasteiger partial charge in [-0.15, -0.1) is 0 Å². The molecule has 0 saturated heterocycles. The molecule has 1 aromatic carbocycles. The van der Waals surface area contributed by atoms with Gasteiger partial charge < -0.3 is 10.7 Å². The van der Waals surface area contributed by atoms with Crippen LogP contribution in [0.4, 0.5) is 13.2 Å². The molecule has 0 bridgehead atoms. The first-order valence-corrected chi connectivity index (χ1v) is 5.11. The molecule has 0 fully saturated rings. The first kappa shape index (κ1) is 12.2. The fourth-order valence-corrected chi connectivity index (χ4v) is 1.59. The van der Waals surface area contributed by atoms with Crippen LogP contribution in [0.15, 0.2) is 18.2 Å². The van der Waals surface area contributed by atoms with Crippen LogP contribution in [-0.2, 0) is 5.54 Å². The summed E-state index contributed by atoms with van der Waals surface area (Å²) in [6, 6.07) is 4.76. The van der Waals surface area contributed by atoms with E-state index in [1.807, 2.05) is 0 Å². The van der Waals surface area contributed by atoms with Crippen LogP contribution in [0.2, 0.25) is 5.02 Å². The van der Waals surface area contributed by atoms with E-state index in [0.717, 1.165) is 6.92 Å². The van der Waals surface area contributed by atoms with E-state index in [0.29, 0.717) is 5.52 Å². The molecule has 1 heterocycles. The van der Waals surface area contributed by atoms with Crippen molar-refractivity contribution in [2.24, 2.45) is 5.73 Å². The Balaban J connectivity index is 2.62. The lowest BCUT2D eigenvalue weighted by atomic mass is 10.0. The summed E-state index contributed by atoms with van der Waals surface area (Å²) in [7, 11) is 0. The second-order valence-electron chi connectivity index (χ2n) is 3.92. The first-order valence-electron chi connectivity index (χ1n) is 4.74. The third-order valence-corrected chi connectivity index (χ3v) is 2.85. The lowest BCUT2D eigenvalue weighted by molar-refractivity contribution is -0.186. The van der Waals surface area contributed by atoms with Crippen molar-refractivity contribution in [2.75, 3.05) is 0 Å². The highest BCUT2D eigenvalue weighted by Gasteiger charge is 2.51. The summed E-state index contributed by atoms with van der Waals surface area (Å²) in [5, 5.41) is 0.281. The van der Waals surface area contributed by atoms with Crippen LogP contribution >= 0.6 is 11.6 Å². The number of hydrogen-bond donors (Lipinski definition) is 2. The molecule has 3 nitrogen and oxygen atoms in total. The van der Waals surface area contributed by atoms with Gasteiger partial charge in [0.2, 0.25) is 0 Å². The number of alkyl halides is 3. The molecule has 0 aliphatic carbocycles. The van der Waals surface area contributed by atoms with E-state index in [9.17, 15) is 13.2 Å². The molecule has 3 N–H and O–H groups in total. The summed E-state index contributed by atoms with van der Waals surface area (Å²) in [5.41, 5.74) is 3.44. The molecule has 0 spiro atoms. The van der Waals surface area contributed by atoms with Crippen LogP contribution in [-0.4, -0.2) is 16.1 Å². The summed E-state index contributed by atoms with van der Waals surface area (Å²) < 4.78 is 38.2. The maximum atomic E-state index is 12.7. The average Bonchev–Trinajstić information content (AvgIpc) is 2.61. The average molecular weight is 264 g/mol. The number of nitrogens with two attached hydrogens (primary N) is 1. The highest BCUT2D eigenvalue weighted by molar-refractivity contribution is 6.34. The molecule has 0 amide bonds. The Morgan fingerprint density at radius 2 is 2.00 bits per heavy atom. The number of hydrogen-bond acceptors (Lipinski definition) is 2. The minimum Gasteiger partial charge on any atom is -0.340 e. The third-order valence-electron chi connectivity index (χ3n) is 2.54. The van der Waals surface area contributed by atoms with Crippen molar-refractivity contribution >= 4 is 22.6 Å². The Labute approximate surface area is 99.8 Å². The van der Waals surface area contributed by atoms with Crippen molar-refractivity contribution in [1.29, 1.82) is 0 Å². The normalized spacial score (nSPS) is 16.1. The zero-order valence-electron chi connectivity index (χ0n) is 8.77. The van der Waals surface area contributed by atoms with E-state index in [2.05, 4.69) is 9.97 Å². The second-order valence-corrected chi connectivity index (χ2v) is 4.33. The van der Waals surface area contributed by atoms with Gasteiger partial charge in [-0.1, -0.05) is 17.7 Å². The SMILES string of the molecule is CC(N)(c1nc2c(Cl)cccc2[nH]1)C(F)(F)F. The fraction of sp³-hybridized carbons (Fsp3) is 0.300. The summed E-state index contributed by atoms with van der Waals surface area (Å²) in [6.07, 6.45) is -4.59. The molecular formula is C10H9ClF3N3. The molecule has 2 rings (SSSR count). The molecule has 92 valence electrons. The van der Waals surface area contributed by atoms with Crippen LogP contribution in [0.5, 0.6) is 0 Å². The van der Waals surface area contributed by atoms with E-state index in [1.165, 1.54) is 0 Å². The molecular weight excluding hydrogens is 255 g/mol. The topological polar surface area (TPSA) is 54.7 Å². The first-order chi connectivity index (χ1) is 7.73. The van der Waals surface area contributed by atoms with Crippen molar-refractivity contribution in [1.82, 2.24) is 9.97 Å². The smallest absolute Gasteiger partial charge is 0.340 e. The zero-order chi connectivity index (χ0) is 12.8. The Hall–Kier alpha value is -1.27. The predicted octanol–water partition coefficient (Wildman–Crippen LogP) is 2.95. The Morgan fingerprint density at radius 3 is 2.53 bits per heavy atom. The van der Waals surface area contributed by atoms with Crippen molar-refractivity contribution < 1.29 is 13.2 Å². The molecule has 7 heteroatoms. The number of fused-ring (bicyclic) bond motifs is 1. The molecule has 0 aliphatic rings. The van der Waals surface area contributed by atoms with Gasteiger partial charge in [0.1, 0.15) is 11.3 Å². The lowest BCUT2D eigenvalue weighted by Crippen LogP contribution is -2.48. The minimum absolute atomic E-state index is 0.281. The molecule has 17 heavy (non-hydrogen) atoms. The van der Waals surface area contributed by atoms with Gasteiger partial charge in [0.05, 0.1) is 10.5 Å². The number of nitrogens with one attached hydrogen (secondary N) is 1. The van der Waals surface area contributed by atoms with Crippen molar-refractivity contribution in [2.45, 2.75) is 18.6 Å². The number of rotatable bonds is 1. The number of aromatic nitrogens is 2. The zero-order valence-corrected chi connectivity index (χ0v) is 9.52. The highest BCUT2D eigenvalue weighted by Crippen LogP contribution is 2.36. The van der Waals surface area contributed by atoms with Crippen LogP contribution in [0, 0.1) is 0 Å². The Kier molecular flexibility index (Phi) is 2.59. The molecule has 0 saturated carbocycles. The fourth-order valence-electron chi connectivity index (χ4n) is 1.38. The van der Waals surface area contributed by atoms with Crippen LogP contribution in [0.25, 0.3) is 11.0 Å². The van der Waals surface area contributed by atoms with E-state index in [4.69, 9.17) is 17.3 Å². The second kappa shape index (κ2) is 3.61. The largest absolute Gasteiger partial charge is 0.413 e. The van der Waals surface area contributed by atoms with Gasteiger partial charge in [-0.25, -0.2) is 4.98 Å². The van der Waals surface area contributed by atoms with Gasteiger partial charge in [0.25, 0.3) is 0 Å². The number of H-pyrrole nitrogens is 1. The van der Waals surface area contributed by atoms with Crippen molar-refractivity contribution in [3.05, 3.63) is 29.0 Å². The van der Waals surface area contributed by atoms with E-state index >= 15 is 0 Å². The van der Waals surface area contributed by atoms with Crippen LogP contribution < -0.4 is 5.73 Å². The van der Waals surface area contributed by atoms with E-state index in [-0.39, 0.29) is 16.4 Å². The predicted molar refractivity (Wildman–Crippen MR) is 58.7 cm³/mol. The van der Waals surface area contributed by atoms with E-state index < -0.39 is 11.7 Å². The lowest BCUT2D eigenvalue weighted by Gasteiger charge is -2.24. The van der Waals surface area contributed by atoms with Crippen molar-refractivity contribution in [3.8, 4) is 0 Å². The Morgan fingerprint density at radius 1 is 1.35 bits per heavy atom. The van der Waals surface area contributed by atoms with Crippen LogP contribution in [0.3, 0.4) is 0 Å². The van der Waals surface area contributed by atoms with Gasteiger partial charge in [-0.2, -0.15) is 13.2 Å². The third kappa shape index (κ3) is 1.87. The monoisotopic (exact) mass is 263 g/mol. The molecule has 0 radical (unpaired) electrons. The van der Waals surface area contributed by atoms with Crippen LogP contribution in [0.1, 0.15) is 12.7 Å². The summed E-state index contributed by atoms with van der Waals surface area (Å²) in [5.74, 6) is -0.354. The summed E-state index contributed by atoms with van der Waals surface area (Å²) in [6.45, 7) is 0.860. The summed E-state index contributed by atoms with van der Waals surface area (Å²) >= 11 is 5.83. The van der Waals surface area contributed by atoms with E-state index in [1.54, 1.807) is 18.2 Å². The van der Waals surface area contributed by atoms with Gasteiger partial charge in [-0.05, 0) is 19.1 Å². The quantitative estimate of drug-likeness (QED) is 0.831. The molecule has 2 aromatic rings. The number of halogens is 4. The van der Waals surface area contributed by atoms with Gasteiger partial charge in [0, 0.05) is 0 Å². The molecule has 1 aromatic heterocycles. The van der Waals surface area contributed by atoms with Gasteiger partial charge in [-0.3, -0.25) is 0 Å². The van der Waals surface area contributed by atoms with Gasteiger partial charge >= 0.3 is 6.18 Å². The number of benzene rings is 1. The highest BCUT2D eigenvalue weighted by atomic mass is 35.5. The number of aromatic amines is 1. The van der Waals surface area contributed by atoms with Gasteiger partial charge in [0.15, 0.2) is 5.54 Å². The standard InChI is InChI=1S/C10H9ClF3N3/c1-9(15,10(12,13)14)8-16-6-4-2-3-5(11)7(6)17-8/h2-4H,15H2,1H3,(H,16,17). The number of imidazole rings is 1.